The van der Waals surface area contributed by atoms with Gasteiger partial charge in [0.15, 0.2) is 0 Å². The van der Waals surface area contributed by atoms with E-state index in [1.54, 1.807) is 0 Å². The molecule has 17 heavy (non-hydrogen) atoms. The summed E-state index contributed by atoms with van der Waals surface area (Å²) in [5.41, 5.74) is 2.34. The molecule has 1 saturated carbocycles. The van der Waals surface area contributed by atoms with Crippen LogP contribution in [0, 0.1) is 24.7 Å². The molecule has 0 amide bonds. The van der Waals surface area contributed by atoms with Crippen molar-refractivity contribution < 1.29 is 0 Å². The van der Waals surface area contributed by atoms with E-state index in [1.807, 2.05) is 12.1 Å². The Kier molecular flexibility index (Phi) is 2.87. The standard InChI is InChI=1S/C15H18ClN/c1-10-3-2-4-14(16)15(10)17-9-13-8-11-5-6-12(13)7-11/h2-6,11-13,17H,7-9H2,1H3. The number of allylic oxidation sites excluding steroid dienone is 2. The van der Waals surface area contributed by atoms with Gasteiger partial charge in [0.25, 0.3) is 0 Å². The van der Waals surface area contributed by atoms with E-state index in [0.29, 0.717) is 0 Å². The summed E-state index contributed by atoms with van der Waals surface area (Å²) in [5.74, 6) is 2.44. The lowest BCUT2D eigenvalue weighted by atomic mass is 9.93. The Bertz CT molecular complexity index is 432. The molecular formula is C15H18ClN. The van der Waals surface area contributed by atoms with Gasteiger partial charge in [-0.15, -0.1) is 0 Å². The molecular weight excluding hydrogens is 230 g/mol. The minimum atomic E-state index is 0.792. The predicted molar refractivity (Wildman–Crippen MR) is 73.5 cm³/mol. The summed E-state index contributed by atoms with van der Waals surface area (Å²) in [6.07, 6.45) is 7.51. The number of hydrogen-bond donors (Lipinski definition) is 1. The maximum absolute atomic E-state index is 6.22. The fourth-order valence-electron chi connectivity index (χ4n) is 3.22. The Morgan fingerprint density at radius 3 is 2.82 bits per heavy atom. The second-order valence-corrected chi connectivity index (χ2v) is 5.76. The van der Waals surface area contributed by atoms with Gasteiger partial charge in [-0.3, -0.25) is 0 Å². The van der Waals surface area contributed by atoms with Crippen molar-refractivity contribution in [3.8, 4) is 0 Å². The van der Waals surface area contributed by atoms with E-state index in [-0.39, 0.29) is 0 Å². The van der Waals surface area contributed by atoms with Crippen LogP contribution >= 0.6 is 11.6 Å². The van der Waals surface area contributed by atoms with Gasteiger partial charge in [-0.25, -0.2) is 0 Å². The van der Waals surface area contributed by atoms with Gasteiger partial charge in [0.1, 0.15) is 0 Å². The molecule has 1 N–H and O–H groups in total. The molecule has 0 heterocycles. The van der Waals surface area contributed by atoms with E-state index < -0.39 is 0 Å². The van der Waals surface area contributed by atoms with Crippen LogP contribution in [0.2, 0.25) is 5.02 Å². The number of aryl methyl sites for hydroxylation is 1. The fraction of sp³-hybridized carbons (Fsp3) is 0.467. The molecule has 0 radical (unpaired) electrons. The SMILES string of the molecule is Cc1cccc(Cl)c1NCC1CC2C=CC1C2. The molecule has 2 heteroatoms. The number of fused-ring (bicyclic) bond motifs is 2. The topological polar surface area (TPSA) is 12.0 Å². The quantitative estimate of drug-likeness (QED) is 0.787. The van der Waals surface area contributed by atoms with Crippen LogP contribution in [0.15, 0.2) is 30.4 Å². The zero-order valence-electron chi connectivity index (χ0n) is 10.1. The largest absolute Gasteiger partial charge is 0.383 e. The van der Waals surface area contributed by atoms with Crippen molar-refractivity contribution in [1.82, 2.24) is 0 Å². The molecule has 1 fully saturated rings. The summed E-state index contributed by atoms with van der Waals surface area (Å²) in [6.45, 7) is 3.16. The third-order valence-corrected chi connectivity index (χ3v) is 4.49. The predicted octanol–water partition coefficient (Wildman–Crippen LogP) is 4.27. The fourth-order valence-corrected chi connectivity index (χ4v) is 3.51. The molecule has 1 aromatic rings. The van der Waals surface area contributed by atoms with Gasteiger partial charge in [-0.05, 0) is 49.1 Å². The Labute approximate surface area is 108 Å². The molecule has 1 aromatic carbocycles. The van der Waals surface area contributed by atoms with Crippen molar-refractivity contribution in [3.63, 3.8) is 0 Å². The van der Waals surface area contributed by atoms with Crippen LogP contribution in [0.3, 0.4) is 0 Å². The molecule has 3 atom stereocenters. The highest BCUT2D eigenvalue weighted by molar-refractivity contribution is 6.33. The second kappa shape index (κ2) is 4.38. The smallest absolute Gasteiger partial charge is 0.0640 e. The van der Waals surface area contributed by atoms with Crippen LogP contribution in [-0.2, 0) is 0 Å². The van der Waals surface area contributed by atoms with E-state index in [9.17, 15) is 0 Å². The summed E-state index contributed by atoms with van der Waals surface area (Å²) >= 11 is 6.22. The van der Waals surface area contributed by atoms with Crippen molar-refractivity contribution in [2.75, 3.05) is 11.9 Å². The molecule has 0 saturated heterocycles. The van der Waals surface area contributed by atoms with Crippen LogP contribution in [0.5, 0.6) is 0 Å². The van der Waals surface area contributed by atoms with Gasteiger partial charge in [-0.1, -0.05) is 35.9 Å². The Hall–Kier alpha value is -0.950. The van der Waals surface area contributed by atoms with Crippen LogP contribution in [0.4, 0.5) is 5.69 Å². The molecule has 0 aliphatic heterocycles. The lowest BCUT2D eigenvalue weighted by molar-refractivity contribution is 0.472. The van der Waals surface area contributed by atoms with Crippen molar-refractivity contribution in [2.45, 2.75) is 19.8 Å². The van der Waals surface area contributed by atoms with Gasteiger partial charge in [0.2, 0.25) is 0 Å². The van der Waals surface area contributed by atoms with E-state index in [1.165, 1.54) is 18.4 Å². The first-order valence-corrected chi connectivity index (χ1v) is 6.79. The number of nitrogens with one attached hydrogen (secondary N) is 1. The van der Waals surface area contributed by atoms with E-state index >= 15 is 0 Å². The molecule has 0 spiro atoms. The summed E-state index contributed by atoms with van der Waals surface area (Å²) in [7, 11) is 0. The monoisotopic (exact) mass is 247 g/mol. The van der Waals surface area contributed by atoms with Crippen LogP contribution in [0.25, 0.3) is 0 Å². The number of rotatable bonds is 3. The summed E-state index contributed by atoms with van der Waals surface area (Å²) in [4.78, 5) is 0. The van der Waals surface area contributed by atoms with Gasteiger partial charge in [0, 0.05) is 6.54 Å². The van der Waals surface area contributed by atoms with Crippen molar-refractivity contribution in [3.05, 3.63) is 40.9 Å². The molecule has 0 aromatic heterocycles. The number of halogens is 1. The van der Waals surface area contributed by atoms with Gasteiger partial charge < -0.3 is 5.32 Å². The number of para-hydroxylation sites is 1. The van der Waals surface area contributed by atoms with E-state index in [0.717, 1.165) is 35.0 Å². The van der Waals surface area contributed by atoms with Crippen LogP contribution < -0.4 is 5.32 Å². The van der Waals surface area contributed by atoms with Gasteiger partial charge in [-0.2, -0.15) is 0 Å². The van der Waals surface area contributed by atoms with E-state index in [4.69, 9.17) is 11.6 Å². The zero-order chi connectivity index (χ0) is 11.8. The average molecular weight is 248 g/mol. The molecule has 2 bridgehead atoms. The normalized spacial score (nSPS) is 29.9. The molecule has 3 unspecified atom stereocenters. The molecule has 2 aliphatic rings. The molecule has 90 valence electrons. The Morgan fingerprint density at radius 2 is 2.18 bits per heavy atom. The molecule has 2 aliphatic carbocycles. The summed E-state index contributed by atoms with van der Waals surface area (Å²) in [5, 5.41) is 4.38. The van der Waals surface area contributed by atoms with Crippen molar-refractivity contribution >= 4 is 17.3 Å². The first-order valence-electron chi connectivity index (χ1n) is 6.41. The number of anilines is 1. The average Bonchev–Trinajstić information content (AvgIpc) is 2.90. The molecule has 3 rings (SSSR count). The highest BCUT2D eigenvalue weighted by Gasteiger charge is 2.35. The highest BCUT2D eigenvalue weighted by atomic mass is 35.5. The zero-order valence-corrected chi connectivity index (χ0v) is 10.9. The maximum atomic E-state index is 6.22. The lowest BCUT2D eigenvalue weighted by Gasteiger charge is -2.20. The summed E-state index contributed by atoms with van der Waals surface area (Å²) in [6, 6.07) is 6.07. The minimum absolute atomic E-state index is 0.792. The Balaban J connectivity index is 1.66. The number of benzene rings is 1. The van der Waals surface area contributed by atoms with Crippen molar-refractivity contribution in [1.29, 1.82) is 0 Å². The summed E-state index contributed by atoms with van der Waals surface area (Å²) < 4.78 is 0. The first kappa shape index (κ1) is 11.2. The van der Waals surface area contributed by atoms with Crippen molar-refractivity contribution in [2.24, 2.45) is 17.8 Å². The molecule has 1 nitrogen and oxygen atoms in total. The van der Waals surface area contributed by atoms with Gasteiger partial charge >= 0.3 is 0 Å². The van der Waals surface area contributed by atoms with Crippen LogP contribution in [0.1, 0.15) is 18.4 Å². The first-order chi connectivity index (χ1) is 8.24. The number of hydrogen-bond acceptors (Lipinski definition) is 1. The van der Waals surface area contributed by atoms with Crippen LogP contribution in [-0.4, -0.2) is 6.54 Å². The minimum Gasteiger partial charge on any atom is -0.383 e. The lowest BCUT2D eigenvalue weighted by Crippen LogP contribution is -2.18. The van der Waals surface area contributed by atoms with E-state index in [2.05, 4.69) is 30.5 Å². The second-order valence-electron chi connectivity index (χ2n) is 5.35. The third-order valence-electron chi connectivity index (χ3n) is 4.18. The Morgan fingerprint density at radius 1 is 1.29 bits per heavy atom. The van der Waals surface area contributed by atoms with Gasteiger partial charge in [0.05, 0.1) is 10.7 Å². The third kappa shape index (κ3) is 2.09. The maximum Gasteiger partial charge on any atom is 0.0640 e. The highest BCUT2D eigenvalue weighted by Crippen LogP contribution is 2.43.